The summed E-state index contributed by atoms with van der Waals surface area (Å²) < 4.78 is 5.52. The van der Waals surface area contributed by atoms with Crippen molar-refractivity contribution < 1.29 is 14.3 Å². The van der Waals surface area contributed by atoms with Crippen molar-refractivity contribution in [1.82, 2.24) is 0 Å². The molecule has 0 spiro atoms. The minimum atomic E-state index is -0.463. The number of halogens is 2. The third-order valence-corrected chi connectivity index (χ3v) is 4.54. The van der Waals surface area contributed by atoms with Gasteiger partial charge in [0.1, 0.15) is 5.75 Å². The predicted octanol–water partition coefficient (Wildman–Crippen LogP) is 4.38. The van der Waals surface area contributed by atoms with E-state index in [0.29, 0.717) is 33.8 Å². The van der Waals surface area contributed by atoms with Gasteiger partial charge in [-0.2, -0.15) is 0 Å². The summed E-state index contributed by atoms with van der Waals surface area (Å²) in [5.74, 6) is -0.219. The van der Waals surface area contributed by atoms with Crippen LogP contribution in [-0.2, 0) is 9.59 Å². The summed E-state index contributed by atoms with van der Waals surface area (Å²) in [6, 6.07) is 12.1. The molecule has 5 nitrogen and oxygen atoms in total. The number of hydrogen-bond acceptors (Lipinski definition) is 3. The summed E-state index contributed by atoms with van der Waals surface area (Å²) >= 11 is 12.0. The number of nitrogens with zero attached hydrogens (tertiary/aromatic N) is 1. The molecule has 1 saturated heterocycles. The number of para-hydroxylation sites is 2. The van der Waals surface area contributed by atoms with Crippen molar-refractivity contribution in [2.75, 3.05) is 23.4 Å². The van der Waals surface area contributed by atoms with Crippen LogP contribution < -0.4 is 15.0 Å². The van der Waals surface area contributed by atoms with Gasteiger partial charge in [-0.15, -0.1) is 0 Å². The molecule has 1 atom stereocenters. The van der Waals surface area contributed by atoms with Crippen LogP contribution in [0.5, 0.6) is 5.75 Å². The summed E-state index contributed by atoms with van der Waals surface area (Å²) in [5, 5.41) is 3.74. The molecule has 136 valence electrons. The van der Waals surface area contributed by atoms with Crippen LogP contribution in [0.2, 0.25) is 10.0 Å². The Morgan fingerprint density at radius 1 is 1.23 bits per heavy atom. The van der Waals surface area contributed by atoms with E-state index in [0.717, 1.165) is 0 Å². The van der Waals surface area contributed by atoms with Crippen LogP contribution in [0, 0.1) is 5.92 Å². The first kappa shape index (κ1) is 18.5. The van der Waals surface area contributed by atoms with Gasteiger partial charge in [0.15, 0.2) is 0 Å². The standard InChI is InChI=1S/C19H18Cl2N2O3/c1-2-26-17-6-4-3-5-16(17)22-19(25)12-7-18(24)23(11-12)15-9-13(20)8-14(21)10-15/h3-6,8-10,12H,2,7,11H2,1H3,(H,22,25). The molecule has 1 aliphatic heterocycles. The molecule has 0 aromatic heterocycles. The normalized spacial score (nSPS) is 16.7. The van der Waals surface area contributed by atoms with E-state index < -0.39 is 5.92 Å². The average Bonchev–Trinajstić information content (AvgIpc) is 2.98. The van der Waals surface area contributed by atoms with Crippen molar-refractivity contribution in [3.63, 3.8) is 0 Å². The Morgan fingerprint density at radius 2 is 1.92 bits per heavy atom. The molecule has 26 heavy (non-hydrogen) atoms. The van der Waals surface area contributed by atoms with E-state index >= 15 is 0 Å². The van der Waals surface area contributed by atoms with Crippen molar-refractivity contribution in [2.45, 2.75) is 13.3 Å². The zero-order valence-electron chi connectivity index (χ0n) is 14.2. The van der Waals surface area contributed by atoms with Gasteiger partial charge in [0.2, 0.25) is 11.8 Å². The third kappa shape index (κ3) is 4.11. The zero-order chi connectivity index (χ0) is 18.7. The second kappa shape index (κ2) is 7.98. The summed E-state index contributed by atoms with van der Waals surface area (Å²) in [5.41, 5.74) is 1.19. The molecule has 1 fully saturated rings. The molecule has 7 heteroatoms. The van der Waals surface area contributed by atoms with Gasteiger partial charge in [0, 0.05) is 28.7 Å². The van der Waals surface area contributed by atoms with Crippen LogP contribution in [0.1, 0.15) is 13.3 Å². The highest BCUT2D eigenvalue weighted by atomic mass is 35.5. The van der Waals surface area contributed by atoms with E-state index in [1.165, 1.54) is 4.90 Å². The van der Waals surface area contributed by atoms with Gasteiger partial charge in [0.25, 0.3) is 0 Å². The van der Waals surface area contributed by atoms with Crippen molar-refractivity contribution in [1.29, 1.82) is 0 Å². The van der Waals surface area contributed by atoms with Gasteiger partial charge < -0.3 is 15.0 Å². The van der Waals surface area contributed by atoms with Crippen molar-refractivity contribution in [3.8, 4) is 5.75 Å². The monoisotopic (exact) mass is 392 g/mol. The number of benzene rings is 2. The smallest absolute Gasteiger partial charge is 0.229 e. The summed E-state index contributed by atoms with van der Waals surface area (Å²) in [6.07, 6.45) is 0.132. The number of ether oxygens (including phenoxy) is 1. The van der Waals surface area contributed by atoms with E-state index in [1.807, 2.05) is 19.1 Å². The van der Waals surface area contributed by atoms with E-state index in [2.05, 4.69) is 5.32 Å². The lowest BCUT2D eigenvalue weighted by Gasteiger charge is -2.18. The molecule has 0 radical (unpaired) electrons. The first-order valence-corrected chi connectivity index (χ1v) is 9.02. The second-order valence-electron chi connectivity index (χ2n) is 5.95. The molecule has 0 saturated carbocycles. The molecule has 2 aromatic carbocycles. The fraction of sp³-hybridized carbons (Fsp3) is 0.263. The minimum Gasteiger partial charge on any atom is -0.492 e. The molecular weight excluding hydrogens is 375 g/mol. The number of nitrogens with one attached hydrogen (secondary N) is 1. The summed E-state index contributed by atoms with van der Waals surface area (Å²) in [6.45, 7) is 2.65. The van der Waals surface area contributed by atoms with Gasteiger partial charge in [-0.05, 0) is 37.3 Å². The van der Waals surface area contributed by atoms with Crippen molar-refractivity contribution in [3.05, 3.63) is 52.5 Å². The highest BCUT2D eigenvalue weighted by Gasteiger charge is 2.35. The highest BCUT2D eigenvalue weighted by Crippen LogP contribution is 2.31. The molecule has 2 amide bonds. The van der Waals surface area contributed by atoms with Crippen LogP contribution in [0.25, 0.3) is 0 Å². The molecular formula is C19H18Cl2N2O3. The molecule has 1 unspecified atom stereocenters. The number of carbonyl (C=O) groups is 2. The van der Waals surface area contributed by atoms with Crippen LogP contribution in [0.3, 0.4) is 0 Å². The molecule has 3 rings (SSSR count). The van der Waals surface area contributed by atoms with E-state index in [1.54, 1.807) is 30.3 Å². The van der Waals surface area contributed by atoms with E-state index in [9.17, 15) is 9.59 Å². The van der Waals surface area contributed by atoms with Crippen LogP contribution >= 0.6 is 23.2 Å². The Labute approximate surface area is 161 Å². The topological polar surface area (TPSA) is 58.6 Å². The fourth-order valence-electron chi connectivity index (χ4n) is 2.91. The molecule has 1 N–H and O–H groups in total. The largest absolute Gasteiger partial charge is 0.492 e. The predicted molar refractivity (Wildman–Crippen MR) is 103 cm³/mol. The molecule has 1 heterocycles. The number of hydrogen-bond donors (Lipinski definition) is 1. The highest BCUT2D eigenvalue weighted by molar-refractivity contribution is 6.35. The lowest BCUT2D eigenvalue weighted by molar-refractivity contribution is -0.122. The van der Waals surface area contributed by atoms with Crippen LogP contribution in [-0.4, -0.2) is 25.0 Å². The quantitative estimate of drug-likeness (QED) is 0.820. The van der Waals surface area contributed by atoms with Crippen molar-refractivity contribution >= 4 is 46.4 Å². The van der Waals surface area contributed by atoms with E-state index in [-0.39, 0.29) is 24.8 Å². The fourth-order valence-corrected chi connectivity index (χ4v) is 3.43. The van der Waals surface area contributed by atoms with Crippen molar-refractivity contribution in [2.24, 2.45) is 5.92 Å². The Morgan fingerprint density at radius 3 is 2.62 bits per heavy atom. The molecule has 0 bridgehead atoms. The second-order valence-corrected chi connectivity index (χ2v) is 6.82. The lowest BCUT2D eigenvalue weighted by Crippen LogP contribution is -2.28. The first-order valence-electron chi connectivity index (χ1n) is 8.27. The van der Waals surface area contributed by atoms with Gasteiger partial charge in [-0.3, -0.25) is 9.59 Å². The molecule has 0 aliphatic carbocycles. The van der Waals surface area contributed by atoms with Gasteiger partial charge in [-0.1, -0.05) is 35.3 Å². The van der Waals surface area contributed by atoms with Crippen LogP contribution in [0.15, 0.2) is 42.5 Å². The van der Waals surface area contributed by atoms with Gasteiger partial charge in [0.05, 0.1) is 18.2 Å². The maximum atomic E-state index is 12.6. The zero-order valence-corrected chi connectivity index (χ0v) is 15.7. The van der Waals surface area contributed by atoms with Gasteiger partial charge >= 0.3 is 0 Å². The Bertz CT molecular complexity index is 821. The number of anilines is 2. The Hall–Kier alpha value is -2.24. The SMILES string of the molecule is CCOc1ccccc1NC(=O)C1CC(=O)N(c2cc(Cl)cc(Cl)c2)C1. The van der Waals surface area contributed by atoms with Crippen LogP contribution in [0.4, 0.5) is 11.4 Å². The maximum Gasteiger partial charge on any atom is 0.229 e. The average molecular weight is 393 g/mol. The summed E-state index contributed by atoms with van der Waals surface area (Å²) in [4.78, 5) is 26.5. The first-order chi connectivity index (χ1) is 12.5. The summed E-state index contributed by atoms with van der Waals surface area (Å²) in [7, 11) is 0. The molecule has 1 aliphatic rings. The Kier molecular flexibility index (Phi) is 5.69. The number of rotatable bonds is 5. The lowest BCUT2D eigenvalue weighted by atomic mass is 10.1. The third-order valence-electron chi connectivity index (χ3n) is 4.10. The maximum absolute atomic E-state index is 12.6. The van der Waals surface area contributed by atoms with E-state index in [4.69, 9.17) is 27.9 Å². The Balaban J connectivity index is 1.73. The number of amides is 2. The molecule has 2 aromatic rings. The number of carbonyl (C=O) groups excluding carboxylic acids is 2. The van der Waals surface area contributed by atoms with Gasteiger partial charge in [-0.25, -0.2) is 0 Å². The minimum absolute atomic E-state index is 0.132.